The number of carbonyl (C=O) groups excluding carboxylic acids is 1. The Morgan fingerprint density at radius 3 is 2.65 bits per heavy atom. The number of aliphatic hydroxyl groups is 1. The van der Waals surface area contributed by atoms with Crippen molar-refractivity contribution in [3.63, 3.8) is 0 Å². The van der Waals surface area contributed by atoms with E-state index in [0.717, 1.165) is 49.8 Å². The lowest BCUT2D eigenvalue weighted by atomic mass is 9.96. The normalized spacial score (nSPS) is 12.8. The zero-order valence-corrected chi connectivity index (χ0v) is 28.8. The second-order valence-corrected chi connectivity index (χ2v) is 12.6. The van der Waals surface area contributed by atoms with Crippen LogP contribution in [0.2, 0.25) is 5.02 Å². The summed E-state index contributed by atoms with van der Waals surface area (Å²) in [4.78, 5) is 16.6. The number of benzene rings is 3. The third-order valence-electron chi connectivity index (χ3n) is 7.73. The van der Waals surface area contributed by atoms with Crippen molar-refractivity contribution in [3.05, 3.63) is 94.3 Å². The molecule has 4 aromatic rings. The number of esters is 1. The van der Waals surface area contributed by atoms with Gasteiger partial charge in [-0.3, -0.25) is 14.5 Å². The highest BCUT2D eigenvalue weighted by atomic mass is 35.5. The maximum absolute atomic E-state index is 11.4. The Balaban J connectivity index is 1.30. The first-order valence-electron chi connectivity index (χ1n) is 15.7. The molecule has 0 radical (unpaired) electrons. The van der Waals surface area contributed by atoms with Gasteiger partial charge in [-0.2, -0.15) is 0 Å². The standard InChI is InChI=1S/C36H40ClN3O7S/c1-23(20-41)39-18-28-14-31(37)34(16-33(28)46-21-25-13-29(19-38-17-25)48-40-10-9-36(42)43-3)47-22-27-5-4-6-30(24(27)2)26-7-8-32-35(15-26)45-12-11-44-32/h4-8,13-17,19,23,39-41H,9-12,18,20-22H2,1-3H3. The molecule has 3 N–H and O–H groups in total. The first-order chi connectivity index (χ1) is 23.3. The van der Waals surface area contributed by atoms with Gasteiger partial charge in [0.25, 0.3) is 0 Å². The molecular weight excluding hydrogens is 654 g/mol. The Morgan fingerprint density at radius 2 is 1.83 bits per heavy atom. The molecule has 0 bridgehead atoms. The largest absolute Gasteiger partial charge is 0.488 e. The first-order valence-corrected chi connectivity index (χ1v) is 16.8. The van der Waals surface area contributed by atoms with E-state index < -0.39 is 0 Å². The molecule has 0 amide bonds. The maximum atomic E-state index is 11.4. The summed E-state index contributed by atoms with van der Waals surface area (Å²) in [6.45, 7) is 6.52. The monoisotopic (exact) mass is 693 g/mol. The molecule has 1 atom stereocenters. The van der Waals surface area contributed by atoms with Gasteiger partial charge in [0.15, 0.2) is 11.5 Å². The van der Waals surface area contributed by atoms with E-state index in [-0.39, 0.29) is 31.6 Å². The van der Waals surface area contributed by atoms with Crippen LogP contribution in [0.25, 0.3) is 11.1 Å². The number of aromatic nitrogens is 1. The van der Waals surface area contributed by atoms with Crippen molar-refractivity contribution >= 4 is 29.5 Å². The van der Waals surface area contributed by atoms with Crippen LogP contribution in [0.3, 0.4) is 0 Å². The van der Waals surface area contributed by atoms with Crippen molar-refractivity contribution in [3.8, 4) is 34.1 Å². The summed E-state index contributed by atoms with van der Waals surface area (Å²) in [5.41, 5.74) is 5.91. The quantitative estimate of drug-likeness (QED) is 0.0700. The summed E-state index contributed by atoms with van der Waals surface area (Å²) >= 11 is 8.13. The summed E-state index contributed by atoms with van der Waals surface area (Å²) in [6.07, 6.45) is 3.76. The van der Waals surface area contributed by atoms with Crippen molar-refractivity contribution < 1.29 is 33.6 Å². The van der Waals surface area contributed by atoms with E-state index in [2.05, 4.69) is 32.7 Å². The molecule has 12 heteroatoms. The first kappa shape index (κ1) is 35.3. The van der Waals surface area contributed by atoms with Crippen molar-refractivity contribution in [2.75, 3.05) is 33.5 Å². The van der Waals surface area contributed by atoms with Gasteiger partial charge in [0.2, 0.25) is 0 Å². The second kappa shape index (κ2) is 17.4. The summed E-state index contributed by atoms with van der Waals surface area (Å²) < 4.78 is 31.9. The lowest BCUT2D eigenvalue weighted by Crippen LogP contribution is -2.28. The highest BCUT2D eigenvalue weighted by Crippen LogP contribution is 2.37. The summed E-state index contributed by atoms with van der Waals surface area (Å²) in [5.74, 6) is 2.32. The van der Waals surface area contributed by atoms with Crippen LogP contribution in [-0.2, 0) is 29.3 Å². The molecule has 254 valence electrons. The molecule has 0 spiro atoms. The number of methoxy groups -OCH3 is 1. The Bertz CT molecular complexity index is 1710. The Morgan fingerprint density at radius 1 is 1.02 bits per heavy atom. The molecule has 3 aromatic carbocycles. The van der Waals surface area contributed by atoms with Crippen molar-refractivity contribution in [1.82, 2.24) is 15.0 Å². The van der Waals surface area contributed by atoms with Gasteiger partial charge >= 0.3 is 5.97 Å². The number of halogens is 1. The van der Waals surface area contributed by atoms with Crippen LogP contribution in [0.1, 0.15) is 35.6 Å². The molecule has 1 aromatic heterocycles. The molecule has 48 heavy (non-hydrogen) atoms. The number of ether oxygens (including phenoxy) is 5. The molecule has 0 aliphatic carbocycles. The van der Waals surface area contributed by atoms with Gasteiger partial charge in [-0.15, -0.1) is 0 Å². The van der Waals surface area contributed by atoms with E-state index >= 15 is 0 Å². The minimum absolute atomic E-state index is 0.000413. The highest BCUT2D eigenvalue weighted by molar-refractivity contribution is 7.97. The van der Waals surface area contributed by atoms with E-state index in [9.17, 15) is 9.90 Å². The number of nitrogens with zero attached hydrogens (tertiary/aromatic N) is 1. The Kier molecular flexibility index (Phi) is 12.8. The van der Waals surface area contributed by atoms with Crippen LogP contribution >= 0.6 is 23.5 Å². The minimum atomic E-state index is -0.270. The Hall–Kier alpha value is -4.00. The third-order valence-corrected chi connectivity index (χ3v) is 8.83. The summed E-state index contributed by atoms with van der Waals surface area (Å²) in [7, 11) is 1.37. The van der Waals surface area contributed by atoms with Gasteiger partial charge in [0.1, 0.15) is 37.9 Å². The van der Waals surface area contributed by atoms with Crippen LogP contribution < -0.4 is 29.0 Å². The number of carbonyl (C=O) groups is 1. The molecule has 2 heterocycles. The van der Waals surface area contributed by atoms with E-state index in [1.54, 1.807) is 12.4 Å². The van der Waals surface area contributed by atoms with E-state index in [1.807, 2.05) is 55.5 Å². The number of hydrogen-bond donors (Lipinski definition) is 3. The zero-order chi connectivity index (χ0) is 33.9. The van der Waals surface area contributed by atoms with Gasteiger partial charge < -0.3 is 34.1 Å². The van der Waals surface area contributed by atoms with Crippen molar-refractivity contribution in [2.24, 2.45) is 0 Å². The van der Waals surface area contributed by atoms with Crippen LogP contribution in [0.15, 0.2) is 71.9 Å². The average Bonchev–Trinajstić information content (AvgIpc) is 3.11. The highest BCUT2D eigenvalue weighted by Gasteiger charge is 2.16. The molecule has 5 rings (SSSR count). The maximum Gasteiger partial charge on any atom is 0.306 e. The SMILES string of the molecule is COC(=O)CCNSc1cncc(COc2cc(OCc3cccc(-c4ccc5c(c4)OCCO5)c3C)c(Cl)cc2CNC(C)CO)c1. The third kappa shape index (κ3) is 9.55. The van der Waals surface area contributed by atoms with Gasteiger partial charge in [-0.25, -0.2) is 0 Å². The molecule has 0 saturated carbocycles. The molecule has 1 unspecified atom stereocenters. The number of nitrogens with one attached hydrogen (secondary N) is 2. The fourth-order valence-corrected chi connectivity index (χ4v) is 5.91. The lowest BCUT2D eigenvalue weighted by molar-refractivity contribution is -0.140. The van der Waals surface area contributed by atoms with Crippen LogP contribution in [-0.4, -0.2) is 55.6 Å². The van der Waals surface area contributed by atoms with Gasteiger partial charge in [0.05, 0.1) is 25.2 Å². The smallest absolute Gasteiger partial charge is 0.306 e. The number of pyridine rings is 1. The molecule has 10 nitrogen and oxygen atoms in total. The average molecular weight is 694 g/mol. The molecule has 1 aliphatic heterocycles. The number of hydrogen-bond acceptors (Lipinski definition) is 11. The Labute approximate surface area is 290 Å². The predicted octanol–water partition coefficient (Wildman–Crippen LogP) is 6.27. The number of aliphatic hydroxyl groups excluding tert-OH is 1. The second-order valence-electron chi connectivity index (χ2n) is 11.2. The van der Waals surface area contributed by atoms with Crippen molar-refractivity contribution in [2.45, 2.75) is 51.0 Å². The predicted molar refractivity (Wildman–Crippen MR) is 186 cm³/mol. The number of fused-ring (bicyclic) bond motifs is 1. The molecule has 0 saturated heterocycles. The lowest BCUT2D eigenvalue weighted by Gasteiger charge is -2.20. The van der Waals surface area contributed by atoms with Crippen molar-refractivity contribution in [1.29, 1.82) is 0 Å². The van der Waals surface area contributed by atoms with Gasteiger partial charge in [-0.1, -0.05) is 35.9 Å². The van der Waals surface area contributed by atoms with Crippen LogP contribution in [0, 0.1) is 6.92 Å². The van der Waals surface area contributed by atoms with Gasteiger partial charge in [0, 0.05) is 53.6 Å². The molecule has 0 fully saturated rings. The fourth-order valence-electron chi connectivity index (χ4n) is 4.98. The zero-order valence-electron chi connectivity index (χ0n) is 27.2. The number of rotatable bonds is 16. The molecular formula is C36H40ClN3O7S. The fraction of sp³-hybridized carbons (Fsp3) is 0.333. The van der Waals surface area contributed by atoms with Crippen LogP contribution in [0.5, 0.6) is 23.0 Å². The summed E-state index contributed by atoms with van der Waals surface area (Å²) in [6, 6.07) is 17.6. The van der Waals surface area contributed by atoms with E-state index in [4.69, 9.17) is 30.5 Å². The van der Waals surface area contributed by atoms with Gasteiger partial charge in [-0.05, 0) is 72.3 Å². The van der Waals surface area contributed by atoms with Crippen LogP contribution in [0.4, 0.5) is 0 Å². The minimum Gasteiger partial charge on any atom is -0.488 e. The molecule has 1 aliphatic rings. The van der Waals surface area contributed by atoms with E-state index in [1.165, 1.54) is 19.1 Å². The topological polar surface area (TPSA) is 120 Å². The van der Waals surface area contributed by atoms with E-state index in [0.29, 0.717) is 49.4 Å². The summed E-state index contributed by atoms with van der Waals surface area (Å²) in [5, 5.41) is 13.3.